The molecule has 2 heterocycles. The van der Waals surface area contributed by atoms with Crippen LogP contribution < -0.4 is 4.90 Å². The van der Waals surface area contributed by atoms with Crippen molar-refractivity contribution in [3.8, 4) is 0 Å². The number of hydrogen-bond acceptors (Lipinski definition) is 3. The number of amides is 1. The van der Waals surface area contributed by atoms with Gasteiger partial charge in [-0.1, -0.05) is 41.9 Å². The highest BCUT2D eigenvalue weighted by Gasteiger charge is 2.22. The highest BCUT2D eigenvalue weighted by molar-refractivity contribution is 7.22. The predicted molar refractivity (Wildman–Crippen MR) is 106 cm³/mol. The Morgan fingerprint density at radius 2 is 1.88 bits per heavy atom. The topological polar surface area (TPSA) is 33.2 Å². The summed E-state index contributed by atoms with van der Waals surface area (Å²) in [4.78, 5) is 19.4. The Morgan fingerprint density at radius 3 is 2.65 bits per heavy atom. The van der Waals surface area contributed by atoms with E-state index < -0.39 is 5.82 Å². The third-order valence-electron chi connectivity index (χ3n) is 4.24. The van der Waals surface area contributed by atoms with Gasteiger partial charge in [0.05, 0.1) is 16.1 Å². The zero-order valence-electron chi connectivity index (χ0n) is 13.9. The first-order chi connectivity index (χ1) is 12.6. The smallest absolute Gasteiger partial charge is 0.268 e. The first-order valence-corrected chi connectivity index (χ1v) is 9.33. The predicted octanol–water partition coefficient (Wildman–Crippen LogP) is 5.91. The number of para-hydroxylation sites is 2. The second-order valence-corrected chi connectivity index (χ2v) is 7.18. The van der Waals surface area contributed by atoms with Crippen molar-refractivity contribution in [1.82, 2.24) is 4.98 Å². The van der Waals surface area contributed by atoms with Crippen LogP contribution in [0.2, 0.25) is 5.15 Å². The summed E-state index contributed by atoms with van der Waals surface area (Å²) in [5, 5.41) is 2.05. The van der Waals surface area contributed by atoms with E-state index in [1.807, 2.05) is 31.2 Å². The fourth-order valence-corrected chi connectivity index (χ4v) is 4.44. The van der Waals surface area contributed by atoms with E-state index >= 15 is 0 Å². The number of thiophene rings is 1. The number of fused-ring (bicyclic) bond motifs is 3. The van der Waals surface area contributed by atoms with Crippen LogP contribution in [0.15, 0.2) is 54.6 Å². The monoisotopic (exact) mass is 384 g/mol. The first-order valence-electron chi connectivity index (χ1n) is 8.14. The zero-order chi connectivity index (χ0) is 18.3. The maximum absolute atomic E-state index is 14.2. The van der Waals surface area contributed by atoms with Gasteiger partial charge in [-0.25, -0.2) is 9.37 Å². The van der Waals surface area contributed by atoms with Crippen molar-refractivity contribution in [3.63, 3.8) is 0 Å². The lowest BCUT2D eigenvalue weighted by Gasteiger charge is -2.20. The zero-order valence-corrected chi connectivity index (χ0v) is 15.4. The number of hydrogen-bond donors (Lipinski definition) is 0. The summed E-state index contributed by atoms with van der Waals surface area (Å²) in [6.45, 7) is 2.18. The van der Waals surface area contributed by atoms with Gasteiger partial charge in [0.25, 0.3) is 5.91 Å². The minimum Gasteiger partial charge on any atom is -0.305 e. The molecule has 130 valence electrons. The summed E-state index contributed by atoms with van der Waals surface area (Å²) >= 11 is 7.68. The van der Waals surface area contributed by atoms with Crippen LogP contribution in [0.25, 0.3) is 21.0 Å². The van der Waals surface area contributed by atoms with Gasteiger partial charge in [-0.05, 0) is 31.2 Å². The molecule has 0 saturated heterocycles. The van der Waals surface area contributed by atoms with Crippen molar-refractivity contribution >= 4 is 55.5 Å². The maximum Gasteiger partial charge on any atom is 0.268 e. The summed E-state index contributed by atoms with van der Waals surface area (Å²) in [7, 11) is 0. The second kappa shape index (κ2) is 6.67. The van der Waals surface area contributed by atoms with Crippen LogP contribution in [-0.4, -0.2) is 17.4 Å². The molecule has 0 aliphatic rings. The normalized spacial score (nSPS) is 11.2. The highest BCUT2D eigenvalue weighted by atomic mass is 35.5. The molecule has 4 aromatic rings. The third-order valence-corrected chi connectivity index (χ3v) is 5.68. The average Bonchev–Trinajstić information content (AvgIpc) is 3.10. The van der Waals surface area contributed by atoms with Crippen molar-refractivity contribution in [2.75, 3.05) is 11.4 Å². The molecule has 0 aliphatic heterocycles. The summed E-state index contributed by atoms with van der Waals surface area (Å²) < 4.78 is 15.1. The largest absolute Gasteiger partial charge is 0.305 e. The molecule has 0 unspecified atom stereocenters. The van der Waals surface area contributed by atoms with Crippen molar-refractivity contribution in [2.45, 2.75) is 6.92 Å². The van der Waals surface area contributed by atoms with E-state index in [0.717, 1.165) is 21.0 Å². The Morgan fingerprint density at radius 1 is 1.15 bits per heavy atom. The average molecular weight is 385 g/mol. The van der Waals surface area contributed by atoms with Gasteiger partial charge in [0.2, 0.25) is 0 Å². The molecule has 0 radical (unpaired) electrons. The minimum absolute atomic E-state index is 0.251. The van der Waals surface area contributed by atoms with Gasteiger partial charge >= 0.3 is 0 Å². The van der Waals surface area contributed by atoms with E-state index in [1.54, 1.807) is 24.3 Å². The van der Waals surface area contributed by atoms with Crippen molar-refractivity contribution < 1.29 is 9.18 Å². The minimum atomic E-state index is -0.422. The first kappa shape index (κ1) is 16.9. The Bertz CT molecular complexity index is 1140. The molecule has 2 aromatic heterocycles. The molecule has 0 spiro atoms. The molecule has 6 heteroatoms. The van der Waals surface area contributed by atoms with Crippen LogP contribution >= 0.6 is 22.9 Å². The number of carbonyl (C=O) groups excluding carboxylic acids is 1. The lowest BCUT2D eigenvalue weighted by molar-refractivity contribution is 0.0991. The van der Waals surface area contributed by atoms with E-state index in [9.17, 15) is 9.18 Å². The van der Waals surface area contributed by atoms with E-state index in [0.29, 0.717) is 16.6 Å². The fraction of sp³-hybridized carbons (Fsp3) is 0.100. The molecule has 0 aliphatic carbocycles. The second-order valence-electron chi connectivity index (χ2n) is 5.77. The standard InChI is InChI=1S/C20H14ClFN2OS/c1-2-24(16-10-6-4-8-14(16)22)20(25)17-11-13-18(26-17)12-7-3-5-9-15(12)23-19(13)21/h3-11H,2H2,1H3. The SMILES string of the molecule is CCN(C(=O)c1cc2c(Cl)nc3ccccc3c2s1)c1ccccc1F. The molecule has 1 amide bonds. The van der Waals surface area contributed by atoms with Crippen LogP contribution in [0.5, 0.6) is 0 Å². The fourth-order valence-electron chi connectivity index (χ4n) is 3.01. The molecular formula is C20H14ClFN2OS. The molecule has 0 saturated carbocycles. The molecule has 4 rings (SSSR count). The Hall–Kier alpha value is -2.50. The summed E-state index contributed by atoms with van der Waals surface area (Å²) in [6.07, 6.45) is 0. The number of anilines is 1. The van der Waals surface area contributed by atoms with Crippen LogP contribution in [0.3, 0.4) is 0 Å². The summed E-state index contributed by atoms with van der Waals surface area (Å²) in [5.74, 6) is -0.673. The van der Waals surface area contributed by atoms with E-state index in [1.165, 1.54) is 22.3 Å². The Labute approximate surface area is 158 Å². The molecule has 26 heavy (non-hydrogen) atoms. The Balaban J connectivity index is 1.86. The van der Waals surface area contributed by atoms with Gasteiger partial charge in [0, 0.05) is 22.0 Å². The number of aromatic nitrogens is 1. The van der Waals surface area contributed by atoms with E-state index in [4.69, 9.17) is 11.6 Å². The van der Waals surface area contributed by atoms with Crippen LogP contribution in [-0.2, 0) is 0 Å². The van der Waals surface area contributed by atoms with Crippen LogP contribution in [0, 0.1) is 5.82 Å². The molecule has 0 fully saturated rings. The van der Waals surface area contributed by atoms with Gasteiger partial charge in [-0.15, -0.1) is 11.3 Å². The molecular weight excluding hydrogens is 371 g/mol. The molecule has 2 aromatic carbocycles. The van der Waals surface area contributed by atoms with E-state index in [-0.39, 0.29) is 11.6 Å². The van der Waals surface area contributed by atoms with Gasteiger partial charge in [0.1, 0.15) is 11.0 Å². The van der Waals surface area contributed by atoms with Crippen molar-refractivity contribution in [1.29, 1.82) is 0 Å². The van der Waals surface area contributed by atoms with Gasteiger partial charge in [-0.2, -0.15) is 0 Å². The number of carbonyl (C=O) groups is 1. The number of benzene rings is 2. The molecule has 3 nitrogen and oxygen atoms in total. The maximum atomic E-state index is 14.2. The van der Waals surface area contributed by atoms with Gasteiger partial charge in [0.15, 0.2) is 0 Å². The summed E-state index contributed by atoms with van der Waals surface area (Å²) in [5.41, 5.74) is 1.05. The Kier molecular flexibility index (Phi) is 4.34. The van der Waals surface area contributed by atoms with Crippen LogP contribution in [0.1, 0.15) is 16.6 Å². The summed E-state index contributed by atoms with van der Waals surface area (Å²) in [6, 6.07) is 15.7. The third kappa shape index (κ3) is 2.73. The quantitative estimate of drug-likeness (QED) is 0.411. The van der Waals surface area contributed by atoms with Crippen molar-refractivity contribution in [2.24, 2.45) is 0 Å². The number of halogens is 2. The van der Waals surface area contributed by atoms with Crippen LogP contribution in [0.4, 0.5) is 10.1 Å². The molecule has 0 atom stereocenters. The lowest BCUT2D eigenvalue weighted by Crippen LogP contribution is -2.30. The van der Waals surface area contributed by atoms with Gasteiger partial charge in [-0.3, -0.25) is 4.79 Å². The number of pyridine rings is 1. The highest BCUT2D eigenvalue weighted by Crippen LogP contribution is 2.36. The number of rotatable bonds is 3. The lowest BCUT2D eigenvalue weighted by atomic mass is 10.2. The van der Waals surface area contributed by atoms with E-state index in [2.05, 4.69) is 4.98 Å². The van der Waals surface area contributed by atoms with Gasteiger partial charge < -0.3 is 4.90 Å². The van der Waals surface area contributed by atoms with Crippen molar-refractivity contribution in [3.05, 3.63) is 70.4 Å². The number of nitrogens with zero attached hydrogens (tertiary/aromatic N) is 2. The molecule has 0 bridgehead atoms. The molecule has 0 N–H and O–H groups in total.